The van der Waals surface area contributed by atoms with E-state index in [0.29, 0.717) is 0 Å². The largest absolute Gasteiger partial charge is 0.490 e. The third-order valence-corrected chi connectivity index (χ3v) is 3.83. The van der Waals surface area contributed by atoms with Crippen molar-refractivity contribution in [2.24, 2.45) is 5.92 Å². The van der Waals surface area contributed by atoms with Crippen molar-refractivity contribution in [3.8, 4) is 5.75 Å². The Morgan fingerprint density at radius 1 is 1.35 bits per heavy atom. The quantitative estimate of drug-likeness (QED) is 0.831. The van der Waals surface area contributed by atoms with Gasteiger partial charge in [-0.05, 0) is 57.3 Å². The van der Waals surface area contributed by atoms with E-state index in [9.17, 15) is 0 Å². The molecule has 0 amide bonds. The lowest BCUT2D eigenvalue weighted by Crippen LogP contribution is -2.36. The number of hydrogen-bond donors (Lipinski definition) is 1. The van der Waals surface area contributed by atoms with Crippen LogP contribution in [0.5, 0.6) is 5.75 Å². The van der Waals surface area contributed by atoms with E-state index in [4.69, 9.17) is 4.74 Å². The van der Waals surface area contributed by atoms with Crippen LogP contribution in [0.3, 0.4) is 0 Å². The summed E-state index contributed by atoms with van der Waals surface area (Å²) in [5, 5.41) is 3.43. The van der Waals surface area contributed by atoms with Gasteiger partial charge >= 0.3 is 0 Å². The number of hydrogen-bond acceptors (Lipinski definition) is 4. The second kappa shape index (κ2) is 8.10. The van der Waals surface area contributed by atoms with Gasteiger partial charge in [0, 0.05) is 19.3 Å². The summed E-state index contributed by atoms with van der Waals surface area (Å²) in [5.74, 6) is 2.68. The molecule has 0 bridgehead atoms. The van der Waals surface area contributed by atoms with Crippen molar-refractivity contribution in [3.63, 3.8) is 0 Å². The van der Waals surface area contributed by atoms with Gasteiger partial charge in [-0.15, -0.1) is 0 Å². The molecule has 4 heteroatoms. The Morgan fingerprint density at radius 3 is 2.85 bits per heavy atom. The molecule has 4 nitrogen and oxygen atoms in total. The van der Waals surface area contributed by atoms with Gasteiger partial charge in [0.2, 0.25) is 0 Å². The summed E-state index contributed by atoms with van der Waals surface area (Å²) in [6.07, 6.45) is 5.40. The summed E-state index contributed by atoms with van der Waals surface area (Å²) in [5.41, 5.74) is 0. The molecule has 0 spiro atoms. The molecule has 0 saturated carbocycles. The van der Waals surface area contributed by atoms with Crippen LogP contribution in [0.25, 0.3) is 0 Å². The average Bonchev–Trinajstić information content (AvgIpc) is 2.52. The summed E-state index contributed by atoms with van der Waals surface area (Å²) >= 11 is 0. The van der Waals surface area contributed by atoms with E-state index in [1.807, 2.05) is 18.3 Å². The molecule has 1 aliphatic heterocycles. The lowest BCUT2D eigenvalue weighted by Gasteiger charge is -2.31. The fourth-order valence-electron chi connectivity index (χ4n) is 2.69. The van der Waals surface area contributed by atoms with E-state index in [1.165, 1.54) is 12.8 Å². The molecule has 112 valence electrons. The molecule has 2 rings (SSSR count). The highest BCUT2D eigenvalue weighted by Gasteiger charge is 2.19. The summed E-state index contributed by atoms with van der Waals surface area (Å²) in [7, 11) is 0. The first-order valence-corrected chi connectivity index (χ1v) is 7.88. The van der Waals surface area contributed by atoms with Crippen LogP contribution in [-0.4, -0.2) is 37.8 Å². The standard InChI is InChI=1S/C16H27N3O/c1-3-12-20-15-6-5-9-18-16(15)19(4-2)13-14-7-10-17-11-8-14/h5-6,9,14,17H,3-4,7-8,10-13H2,1-2H3. The van der Waals surface area contributed by atoms with E-state index in [-0.39, 0.29) is 0 Å². The first-order valence-electron chi connectivity index (χ1n) is 7.88. The summed E-state index contributed by atoms with van der Waals surface area (Å²) in [6.45, 7) is 9.42. The van der Waals surface area contributed by atoms with Crippen molar-refractivity contribution in [3.05, 3.63) is 18.3 Å². The zero-order valence-electron chi connectivity index (χ0n) is 12.8. The molecule has 1 fully saturated rings. The zero-order valence-corrected chi connectivity index (χ0v) is 12.8. The molecule has 1 N–H and O–H groups in total. The van der Waals surface area contributed by atoms with Gasteiger partial charge in [-0.3, -0.25) is 0 Å². The first-order chi connectivity index (χ1) is 9.85. The molecule has 20 heavy (non-hydrogen) atoms. The summed E-state index contributed by atoms with van der Waals surface area (Å²) in [4.78, 5) is 6.92. The molecule has 0 atom stereocenters. The van der Waals surface area contributed by atoms with E-state index in [0.717, 1.165) is 56.7 Å². The van der Waals surface area contributed by atoms with Crippen LogP contribution < -0.4 is 15.0 Å². The molecule has 1 saturated heterocycles. The van der Waals surface area contributed by atoms with Gasteiger partial charge in [-0.2, -0.15) is 0 Å². The fraction of sp³-hybridized carbons (Fsp3) is 0.688. The van der Waals surface area contributed by atoms with Crippen molar-refractivity contribution in [2.75, 3.05) is 37.7 Å². The summed E-state index contributed by atoms with van der Waals surface area (Å²) < 4.78 is 5.84. The van der Waals surface area contributed by atoms with Crippen LogP contribution in [0.4, 0.5) is 5.82 Å². The SMILES string of the molecule is CCCOc1cccnc1N(CC)CC1CCNCC1. The number of nitrogens with zero attached hydrogens (tertiary/aromatic N) is 2. The van der Waals surface area contributed by atoms with Crippen molar-refractivity contribution in [1.29, 1.82) is 0 Å². The van der Waals surface area contributed by atoms with E-state index in [1.54, 1.807) is 0 Å². The maximum absolute atomic E-state index is 5.84. The Kier molecular flexibility index (Phi) is 6.12. The Hall–Kier alpha value is -1.29. The van der Waals surface area contributed by atoms with Gasteiger partial charge in [0.25, 0.3) is 0 Å². The number of pyridine rings is 1. The maximum Gasteiger partial charge on any atom is 0.171 e. The van der Waals surface area contributed by atoms with E-state index < -0.39 is 0 Å². The normalized spacial score (nSPS) is 16.1. The molecular weight excluding hydrogens is 250 g/mol. The summed E-state index contributed by atoms with van der Waals surface area (Å²) in [6, 6.07) is 3.98. The van der Waals surface area contributed by atoms with Gasteiger partial charge in [0.1, 0.15) is 0 Å². The second-order valence-corrected chi connectivity index (χ2v) is 5.41. The smallest absolute Gasteiger partial charge is 0.171 e. The fourth-order valence-corrected chi connectivity index (χ4v) is 2.69. The molecule has 1 aromatic heterocycles. The van der Waals surface area contributed by atoms with Crippen LogP contribution in [0.15, 0.2) is 18.3 Å². The Bertz CT molecular complexity index is 391. The number of ether oxygens (including phenoxy) is 1. The van der Waals surface area contributed by atoms with Gasteiger partial charge in [-0.25, -0.2) is 4.98 Å². The third-order valence-electron chi connectivity index (χ3n) is 3.83. The van der Waals surface area contributed by atoms with E-state index in [2.05, 4.69) is 29.0 Å². The highest BCUT2D eigenvalue weighted by atomic mass is 16.5. The lowest BCUT2D eigenvalue weighted by molar-refractivity contribution is 0.315. The molecule has 2 heterocycles. The first kappa shape index (κ1) is 15.1. The minimum Gasteiger partial charge on any atom is -0.490 e. The minimum atomic E-state index is 0.754. The van der Waals surface area contributed by atoms with Crippen LogP contribution >= 0.6 is 0 Å². The predicted molar refractivity (Wildman–Crippen MR) is 83.5 cm³/mol. The number of aromatic nitrogens is 1. The van der Waals surface area contributed by atoms with Crippen molar-refractivity contribution in [2.45, 2.75) is 33.1 Å². The van der Waals surface area contributed by atoms with Crippen molar-refractivity contribution >= 4 is 5.82 Å². The zero-order chi connectivity index (χ0) is 14.2. The number of anilines is 1. The average molecular weight is 277 g/mol. The number of rotatable bonds is 7. The molecule has 0 aromatic carbocycles. The number of nitrogens with one attached hydrogen (secondary N) is 1. The van der Waals surface area contributed by atoms with Crippen LogP contribution in [0, 0.1) is 5.92 Å². The second-order valence-electron chi connectivity index (χ2n) is 5.41. The Labute approximate surface area is 122 Å². The lowest BCUT2D eigenvalue weighted by atomic mass is 9.97. The highest BCUT2D eigenvalue weighted by Crippen LogP contribution is 2.27. The van der Waals surface area contributed by atoms with Crippen molar-refractivity contribution < 1.29 is 4.74 Å². The highest BCUT2D eigenvalue weighted by molar-refractivity contribution is 5.52. The van der Waals surface area contributed by atoms with Crippen LogP contribution in [-0.2, 0) is 0 Å². The molecule has 0 aliphatic carbocycles. The van der Waals surface area contributed by atoms with E-state index >= 15 is 0 Å². The third kappa shape index (κ3) is 4.10. The molecule has 0 radical (unpaired) electrons. The molecule has 1 aromatic rings. The predicted octanol–water partition coefficient (Wildman–Crippen LogP) is 2.70. The van der Waals surface area contributed by atoms with Crippen LogP contribution in [0.1, 0.15) is 33.1 Å². The van der Waals surface area contributed by atoms with Gasteiger partial charge in [0.05, 0.1) is 6.61 Å². The Morgan fingerprint density at radius 2 is 2.15 bits per heavy atom. The van der Waals surface area contributed by atoms with Crippen molar-refractivity contribution in [1.82, 2.24) is 10.3 Å². The van der Waals surface area contributed by atoms with Crippen LogP contribution in [0.2, 0.25) is 0 Å². The Balaban J connectivity index is 2.05. The maximum atomic E-state index is 5.84. The van der Waals surface area contributed by atoms with Gasteiger partial charge in [0.15, 0.2) is 11.6 Å². The molecule has 1 aliphatic rings. The molecular formula is C16H27N3O. The topological polar surface area (TPSA) is 37.4 Å². The monoisotopic (exact) mass is 277 g/mol. The minimum absolute atomic E-state index is 0.754. The van der Waals surface area contributed by atoms with Gasteiger partial charge < -0.3 is 15.0 Å². The molecule has 0 unspecified atom stereocenters. The number of piperidine rings is 1. The van der Waals surface area contributed by atoms with Gasteiger partial charge in [-0.1, -0.05) is 6.92 Å².